The smallest absolute Gasteiger partial charge is 0.326 e. The molecule has 1 saturated heterocycles. The van der Waals surface area contributed by atoms with Crippen LogP contribution in [0.25, 0.3) is 0 Å². The van der Waals surface area contributed by atoms with Crippen molar-refractivity contribution in [1.29, 1.82) is 0 Å². The van der Waals surface area contributed by atoms with E-state index in [1.165, 1.54) is 24.0 Å². The topological polar surface area (TPSA) is 182 Å². The van der Waals surface area contributed by atoms with E-state index in [0.717, 1.165) is 0 Å². The highest BCUT2D eigenvalue weighted by molar-refractivity contribution is 5.94. The lowest BCUT2D eigenvalue weighted by molar-refractivity contribution is -0.143. The van der Waals surface area contributed by atoms with Gasteiger partial charge in [-0.3, -0.25) is 14.4 Å². The lowest BCUT2D eigenvalue weighted by Crippen LogP contribution is -2.58. The Morgan fingerprint density at radius 3 is 2.18 bits per heavy atom. The fourth-order valence-corrected chi connectivity index (χ4v) is 4.37. The van der Waals surface area contributed by atoms with Gasteiger partial charge in [-0.1, -0.05) is 42.5 Å². The van der Waals surface area contributed by atoms with Crippen LogP contribution >= 0.6 is 0 Å². The van der Waals surface area contributed by atoms with Crippen LogP contribution in [0, 0.1) is 0 Å². The van der Waals surface area contributed by atoms with Crippen LogP contribution in [-0.4, -0.2) is 80.7 Å². The lowest BCUT2D eigenvalue weighted by Gasteiger charge is -2.29. The van der Waals surface area contributed by atoms with Crippen LogP contribution in [0.2, 0.25) is 0 Å². The molecule has 0 aliphatic carbocycles. The minimum absolute atomic E-state index is 0.0172. The molecule has 38 heavy (non-hydrogen) atoms. The van der Waals surface area contributed by atoms with Crippen molar-refractivity contribution in [3.8, 4) is 5.75 Å². The van der Waals surface area contributed by atoms with Crippen molar-refractivity contribution in [3.63, 3.8) is 0 Å². The number of phenols is 1. The van der Waals surface area contributed by atoms with E-state index in [0.29, 0.717) is 24.0 Å². The normalized spacial score (nSPS) is 18.2. The third kappa shape index (κ3) is 7.53. The highest BCUT2D eigenvalue weighted by Gasteiger charge is 2.38. The van der Waals surface area contributed by atoms with E-state index in [1.54, 1.807) is 42.5 Å². The van der Waals surface area contributed by atoms with E-state index in [-0.39, 0.29) is 25.1 Å². The number of amides is 3. The van der Waals surface area contributed by atoms with E-state index in [1.807, 2.05) is 0 Å². The number of nitrogens with two attached hydrogens (primary N) is 1. The highest BCUT2D eigenvalue weighted by atomic mass is 16.4. The summed E-state index contributed by atoms with van der Waals surface area (Å²) in [6.45, 7) is 1.67. The number of carbonyl (C=O) groups excluding carboxylic acids is 3. The van der Waals surface area contributed by atoms with Gasteiger partial charge >= 0.3 is 5.97 Å². The number of carboxylic acids is 1. The van der Waals surface area contributed by atoms with E-state index in [9.17, 15) is 34.5 Å². The first-order valence-corrected chi connectivity index (χ1v) is 12.5. The van der Waals surface area contributed by atoms with Gasteiger partial charge in [0, 0.05) is 19.4 Å². The van der Waals surface area contributed by atoms with E-state index in [2.05, 4.69) is 10.6 Å². The van der Waals surface area contributed by atoms with Gasteiger partial charge in [0.1, 0.15) is 29.9 Å². The summed E-state index contributed by atoms with van der Waals surface area (Å²) in [6, 6.07) is 10.4. The summed E-state index contributed by atoms with van der Waals surface area (Å²) in [7, 11) is 0. The van der Waals surface area contributed by atoms with Crippen LogP contribution in [0.15, 0.2) is 54.6 Å². The molecule has 5 unspecified atom stereocenters. The summed E-state index contributed by atoms with van der Waals surface area (Å²) < 4.78 is 0. The van der Waals surface area contributed by atoms with Crippen LogP contribution < -0.4 is 16.4 Å². The summed E-state index contributed by atoms with van der Waals surface area (Å²) in [5.41, 5.74) is 7.14. The molecular weight excluding hydrogens is 492 g/mol. The Kier molecular flexibility index (Phi) is 9.80. The van der Waals surface area contributed by atoms with Crippen molar-refractivity contribution in [3.05, 3.63) is 65.7 Å². The van der Waals surface area contributed by atoms with Gasteiger partial charge in [0.25, 0.3) is 0 Å². The first kappa shape index (κ1) is 28.6. The second kappa shape index (κ2) is 13.0. The van der Waals surface area contributed by atoms with Crippen LogP contribution in [-0.2, 0) is 32.0 Å². The summed E-state index contributed by atoms with van der Waals surface area (Å²) in [5.74, 6) is -3.04. The Labute approximate surface area is 220 Å². The standard InChI is InChI=1S/C27H34N4O7/c1-16(32)23(28)26(36)31-13-5-8-22(31)25(35)29-20(14-18-9-11-19(33)12-10-18)24(34)30-21(27(37)38)15-17-6-3-2-4-7-17/h2-4,6-7,9-12,16,20-23,32-33H,5,8,13-15,28H2,1H3,(H,29,35)(H,30,34)(H,37,38). The first-order chi connectivity index (χ1) is 18.1. The largest absolute Gasteiger partial charge is 0.508 e. The Morgan fingerprint density at radius 1 is 0.974 bits per heavy atom. The molecule has 1 heterocycles. The quantitative estimate of drug-likeness (QED) is 0.235. The second-order valence-corrected chi connectivity index (χ2v) is 9.48. The molecule has 0 spiro atoms. The van der Waals surface area contributed by atoms with Gasteiger partial charge in [-0.05, 0) is 43.0 Å². The number of nitrogens with zero attached hydrogens (tertiary/aromatic N) is 1. The fraction of sp³-hybridized carbons (Fsp3) is 0.407. The number of rotatable bonds is 11. The molecule has 7 N–H and O–H groups in total. The molecule has 2 aromatic rings. The third-order valence-corrected chi connectivity index (χ3v) is 6.55. The number of likely N-dealkylation sites (tertiary alicyclic amines) is 1. The molecule has 1 fully saturated rings. The maximum atomic E-state index is 13.3. The number of phenolic OH excluding ortho intramolecular Hbond substituents is 1. The van der Waals surface area contributed by atoms with Gasteiger partial charge in [-0.2, -0.15) is 0 Å². The van der Waals surface area contributed by atoms with Crippen LogP contribution in [0.5, 0.6) is 5.75 Å². The first-order valence-electron chi connectivity index (χ1n) is 12.5. The summed E-state index contributed by atoms with van der Waals surface area (Å²) >= 11 is 0. The molecule has 11 nitrogen and oxygen atoms in total. The molecule has 3 rings (SSSR count). The number of aromatic hydroxyl groups is 1. The predicted molar refractivity (Wildman–Crippen MR) is 138 cm³/mol. The zero-order chi connectivity index (χ0) is 27.8. The lowest BCUT2D eigenvalue weighted by atomic mass is 10.0. The molecule has 0 bridgehead atoms. The number of nitrogens with one attached hydrogen (secondary N) is 2. The summed E-state index contributed by atoms with van der Waals surface area (Å²) in [6.07, 6.45) is -0.141. The molecule has 5 atom stereocenters. The van der Waals surface area contributed by atoms with Gasteiger partial charge in [-0.15, -0.1) is 0 Å². The van der Waals surface area contributed by atoms with Crippen LogP contribution in [0.1, 0.15) is 30.9 Å². The van der Waals surface area contributed by atoms with Crippen molar-refractivity contribution in [2.24, 2.45) is 5.73 Å². The minimum atomic E-state index is -1.24. The number of carboxylic acid groups (broad SMARTS) is 1. The number of aliphatic hydroxyl groups is 1. The number of carbonyl (C=O) groups is 4. The molecule has 1 aliphatic heterocycles. The molecule has 0 saturated carbocycles. The fourth-order valence-electron chi connectivity index (χ4n) is 4.37. The van der Waals surface area contributed by atoms with Gasteiger partial charge < -0.3 is 36.6 Å². The average Bonchev–Trinajstić information content (AvgIpc) is 3.39. The number of hydrogen-bond acceptors (Lipinski definition) is 7. The molecule has 0 aromatic heterocycles. The molecular formula is C27H34N4O7. The van der Waals surface area contributed by atoms with Crippen molar-refractivity contribution in [2.45, 2.75) is 62.9 Å². The van der Waals surface area contributed by atoms with Crippen molar-refractivity contribution in [2.75, 3.05) is 6.54 Å². The zero-order valence-electron chi connectivity index (χ0n) is 21.1. The molecule has 0 radical (unpaired) electrons. The second-order valence-electron chi connectivity index (χ2n) is 9.48. The maximum absolute atomic E-state index is 13.3. The SMILES string of the molecule is CC(O)C(N)C(=O)N1CCCC1C(=O)NC(Cc1ccc(O)cc1)C(=O)NC(Cc1ccccc1)C(=O)O. The summed E-state index contributed by atoms with van der Waals surface area (Å²) in [5, 5.41) is 34.2. The van der Waals surface area contributed by atoms with Crippen LogP contribution in [0.4, 0.5) is 0 Å². The number of benzene rings is 2. The van der Waals surface area contributed by atoms with E-state index in [4.69, 9.17) is 5.73 Å². The Hall–Kier alpha value is -3.96. The van der Waals surface area contributed by atoms with Gasteiger partial charge in [-0.25, -0.2) is 4.79 Å². The van der Waals surface area contributed by atoms with Crippen molar-refractivity contribution >= 4 is 23.7 Å². The maximum Gasteiger partial charge on any atom is 0.326 e. The summed E-state index contributed by atoms with van der Waals surface area (Å²) in [4.78, 5) is 52.5. The Bertz CT molecular complexity index is 1120. The van der Waals surface area contributed by atoms with Crippen molar-refractivity contribution in [1.82, 2.24) is 15.5 Å². The average molecular weight is 527 g/mol. The zero-order valence-corrected chi connectivity index (χ0v) is 21.1. The molecule has 204 valence electrons. The number of aliphatic carboxylic acids is 1. The van der Waals surface area contributed by atoms with E-state index >= 15 is 0 Å². The third-order valence-electron chi connectivity index (χ3n) is 6.55. The Balaban J connectivity index is 1.79. The number of hydrogen-bond donors (Lipinski definition) is 6. The van der Waals surface area contributed by atoms with Gasteiger partial charge in [0.15, 0.2) is 0 Å². The van der Waals surface area contributed by atoms with Gasteiger partial charge in [0.05, 0.1) is 6.10 Å². The molecule has 3 amide bonds. The number of aliphatic hydroxyl groups excluding tert-OH is 1. The molecule has 2 aromatic carbocycles. The van der Waals surface area contributed by atoms with Gasteiger partial charge in [0.2, 0.25) is 17.7 Å². The Morgan fingerprint density at radius 2 is 1.58 bits per heavy atom. The predicted octanol–water partition coefficient (Wildman–Crippen LogP) is -0.0693. The minimum Gasteiger partial charge on any atom is -0.508 e. The highest BCUT2D eigenvalue weighted by Crippen LogP contribution is 2.20. The molecule has 11 heteroatoms. The molecule has 1 aliphatic rings. The van der Waals surface area contributed by atoms with Crippen molar-refractivity contribution < 1.29 is 34.5 Å². The monoisotopic (exact) mass is 526 g/mol. The van der Waals surface area contributed by atoms with Crippen LogP contribution in [0.3, 0.4) is 0 Å². The van der Waals surface area contributed by atoms with E-state index < -0.39 is 54.0 Å².